The molecule has 0 unspecified atom stereocenters. The van der Waals surface area contributed by atoms with Crippen molar-refractivity contribution in [2.45, 2.75) is 13.0 Å². The summed E-state index contributed by atoms with van der Waals surface area (Å²) in [5.41, 5.74) is 1.18. The molecule has 2 fully saturated rings. The van der Waals surface area contributed by atoms with Crippen LogP contribution < -0.4 is 15.1 Å². The van der Waals surface area contributed by atoms with E-state index in [9.17, 15) is 14.0 Å². The van der Waals surface area contributed by atoms with Crippen LogP contribution >= 0.6 is 11.8 Å². The first kappa shape index (κ1) is 19.6. The van der Waals surface area contributed by atoms with E-state index in [-0.39, 0.29) is 24.4 Å². The van der Waals surface area contributed by atoms with E-state index in [1.807, 2.05) is 4.90 Å². The summed E-state index contributed by atoms with van der Waals surface area (Å²) in [6.07, 6.45) is 0.318. The topological polar surface area (TPSA) is 71.1 Å². The standard InChI is InChI=1S/C18H24FN3O4S/c1-18(11-27-3)9-21(10-18)15-5-4-12(6-14(15)19)22-7-13(26-17(22)24)8-25-16(23)20-2/h4-6,13H,7-11H2,1-3H3,(H,20,23)/t13-/m1/s1. The minimum absolute atomic E-state index is 0.0513. The highest BCUT2D eigenvalue weighted by Crippen LogP contribution is 2.38. The molecule has 2 aliphatic rings. The van der Waals surface area contributed by atoms with Crippen LogP contribution in [-0.4, -0.2) is 63.6 Å². The Morgan fingerprint density at radius 2 is 2.22 bits per heavy atom. The van der Waals surface area contributed by atoms with E-state index in [2.05, 4.69) is 18.5 Å². The molecular formula is C18H24FN3O4S. The molecule has 2 amide bonds. The summed E-state index contributed by atoms with van der Waals surface area (Å²) >= 11 is 1.80. The maximum Gasteiger partial charge on any atom is 0.414 e. The maximum absolute atomic E-state index is 14.6. The van der Waals surface area contributed by atoms with Crippen molar-refractivity contribution in [2.75, 3.05) is 55.1 Å². The van der Waals surface area contributed by atoms with Gasteiger partial charge in [-0.15, -0.1) is 0 Å². The molecule has 0 bridgehead atoms. The van der Waals surface area contributed by atoms with E-state index in [0.29, 0.717) is 11.4 Å². The molecule has 1 aromatic carbocycles. The van der Waals surface area contributed by atoms with Gasteiger partial charge in [-0.05, 0) is 24.5 Å². The first-order chi connectivity index (χ1) is 12.8. The molecule has 0 saturated carbocycles. The summed E-state index contributed by atoms with van der Waals surface area (Å²) < 4.78 is 24.7. The molecule has 148 valence electrons. The van der Waals surface area contributed by atoms with Gasteiger partial charge in [-0.1, -0.05) is 6.92 Å². The summed E-state index contributed by atoms with van der Waals surface area (Å²) in [6.45, 7) is 3.98. The van der Waals surface area contributed by atoms with Crippen LogP contribution in [0.1, 0.15) is 6.92 Å². The normalized spacial score (nSPS) is 20.9. The molecule has 1 atom stereocenters. The zero-order chi connectivity index (χ0) is 19.6. The number of alkyl carbamates (subject to hydrolysis) is 1. The number of thioether (sulfide) groups is 1. The van der Waals surface area contributed by atoms with Crippen molar-refractivity contribution in [1.82, 2.24) is 5.32 Å². The minimum atomic E-state index is -0.595. The molecule has 0 radical (unpaired) electrons. The quantitative estimate of drug-likeness (QED) is 0.796. The number of ether oxygens (including phenoxy) is 2. The van der Waals surface area contributed by atoms with Crippen molar-refractivity contribution in [3.8, 4) is 0 Å². The summed E-state index contributed by atoms with van der Waals surface area (Å²) in [5, 5.41) is 2.32. The van der Waals surface area contributed by atoms with E-state index >= 15 is 0 Å². The first-order valence-corrected chi connectivity index (χ1v) is 10.1. The van der Waals surface area contributed by atoms with E-state index < -0.39 is 18.3 Å². The van der Waals surface area contributed by atoms with Crippen molar-refractivity contribution in [3.05, 3.63) is 24.0 Å². The number of rotatable bonds is 6. The fraction of sp³-hybridized carbons (Fsp3) is 0.556. The maximum atomic E-state index is 14.6. The number of halogens is 1. The van der Waals surface area contributed by atoms with E-state index in [4.69, 9.17) is 9.47 Å². The predicted molar refractivity (Wildman–Crippen MR) is 103 cm³/mol. The van der Waals surface area contributed by atoms with Crippen molar-refractivity contribution in [2.24, 2.45) is 5.41 Å². The van der Waals surface area contributed by atoms with Crippen LogP contribution in [0.2, 0.25) is 0 Å². The van der Waals surface area contributed by atoms with Gasteiger partial charge in [-0.3, -0.25) is 4.90 Å². The Morgan fingerprint density at radius 3 is 2.85 bits per heavy atom. The van der Waals surface area contributed by atoms with Crippen molar-refractivity contribution >= 4 is 35.3 Å². The molecule has 2 saturated heterocycles. The first-order valence-electron chi connectivity index (χ1n) is 8.71. The van der Waals surface area contributed by atoms with Crippen LogP contribution in [0.3, 0.4) is 0 Å². The molecule has 9 heteroatoms. The lowest BCUT2D eigenvalue weighted by atomic mass is 9.83. The fourth-order valence-electron chi connectivity index (χ4n) is 3.47. The Morgan fingerprint density at radius 1 is 1.48 bits per heavy atom. The Bertz CT molecular complexity index is 727. The number of carbonyl (C=O) groups is 2. The van der Waals surface area contributed by atoms with Gasteiger partial charge in [0.1, 0.15) is 12.4 Å². The number of benzene rings is 1. The van der Waals surface area contributed by atoms with E-state index in [0.717, 1.165) is 18.8 Å². The Kier molecular flexibility index (Phi) is 5.69. The number of anilines is 2. The van der Waals surface area contributed by atoms with Gasteiger partial charge >= 0.3 is 12.2 Å². The monoisotopic (exact) mass is 397 g/mol. The smallest absolute Gasteiger partial charge is 0.414 e. The molecule has 2 heterocycles. The highest BCUT2D eigenvalue weighted by molar-refractivity contribution is 7.98. The second kappa shape index (κ2) is 7.84. The third-order valence-electron chi connectivity index (χ3n) is 4.70. The van der Waals surface area contributed by atoms with Crippen molar-refractivity contribution < 1.29 is 23.5 Å². The van der Waals surface area contributed by atoms with Crippen molar-refractivity contribution in [1.29, 1.82) is 0 Å². The Balaban J connectivity index is 1.62. The lowest BCUT2D eigenvalue weighted by Gasteiger charge is -2.49. The minimum Gasteiger partial charge on any atom is -0.446 e. The van der Waals surface area contributed by atoms with Crippen LogP contribution in [0.5, 0.6) is 0 Å². The third-order valence-corrected chi connectivity index (χ3v) is 5.69. The van der Waals surface area contributed by atoms with Gasteiger partial charge in [0.15, 0.2) is 6.10 Å². The Hall–Kier alpha value is -2.16. The molecule has 0 spiro atoms. The SMILES string of the molecule is CNC(=O)OC[C@H]1CN(c2ccc(N3CC(C)(CSC)C3)c(F)c2)C(=O)O1. The van der Waals surface area contributed by atoms with Crippen LogP contribution in [-0.2, 0) is 9.47 Å². The lowest BCUT2D eigenvalue weighted by Crippen LogP contribution is -2.56. The lowest BCUT2D eigenvalue weighted by molar-refractivity contribution is 0.0745. The summed E-state index contributed by atoms with van der Waals surface area (Å²) in [7, 11) is 1.45. The van der Waals surface area contributed by atoms with E-state index in [1.165, 1.54) is 18.0 Å². The number of cyclic esters (lactones) is 1. The number of hydrogen-bond donors (Lipinski definition) is 1. The average Bonchev–Trinajstić information content (AvgIpc) is 2.98. The van der Waals surface area contributed by atoms with Gasteiger partial charge in [-0.2, -0.15) is 11.8 Å². The average molecular weight is 397 g/mol. The zero-order valence-electron chi connectivity index (χ0n) is 15.7. The van der Waals surface area contributed by atoms with Gasteiger partial charge in [-0.25, -0.2) is 14.0 Å². The molecule has 1 aromatic rings. The number of carbonyl (C=O) groups excluding carboxylic acids is 2. The summed E-state index contributed by atoms with van der Waals surface area (Å²) in [4.78, 5) is 26.5. The fourth-order valence-corrected chi connectivity index (χ4v) is 4.34. The number of hydrogen-bond acceptors (Lipinski definition) is 6. The van der Waals surface area contributed by atoms with Gasteiger partial charge in [0.25, 0.3) is 0 Å². The van der Waals surface area contributed by atoms with Gasteiger partial charge < -0.3 is 19.7 Å². The molecule has 27 heavy (non-hydrogen) atoms. The van der Waals surface area contributed by atoms with Crippen LogP contribution in [0.4, 0.5) is 25.4 Å². The molecule has 7 nitrogen and oxygen atoms in total. The number of amides is 2. The molecule has 0 aromatic heterocycles. The summed E-state index contributed by atoms with van der Waals surface area (Å²) in [6, 6.07) is 4.76. The van der Waals surface area contributed by atoms with Gasteiger partial charge in [0.2, 0.25) is 0 Å². The second-order valence-electron chi connectivity index (χ2n) is 7.20. The Labute approximate surface area is 162 Å². The predicted octanol–water partition coefficient (Wildman–Crippen LogP) is 2.70. The highest BCUT2D eigenvalue weighted by atomic mass is 32.2. The molecular weight excluding hydrogens is 373 g/mol. The highest BCUT2D eigenvalue weighted by Gasteiger charge is 2.39. The van der Waals surface area contributed by atoms with Crippen LogP contribution in [0, 0.1) is 11.2 Å². The van der Waals surface area contributed by atoms with Crippen LogP contribution in [0.15, 0.2) is 18.2 Å². The van der Waals surface area contributed by atoms with Gasteiger partial charge in [0, 0.05) is 31.3 Å². The largest absolute Gasteiger partial charge is 0.446 e. The summed E-state index contributed by atoms with van der Waals surface area (Å²) in [5.74, 6) is 0.680. The number of nitrogens with one attached hydrogen (secondary N) is 1. The molecule has 1 N–H and O–H groups in total. The molecule has 3 rings (SSSR count). The molecule has 0 aliphatic carbocycles. The van der Waals surface area contributed by atoms with Gasteiger partial charge in [0.05, 0.1) is 17.9 Å². The van der Waals surface area contributed by atoms with E-state index in [1.54, 1.807) is 23.9 Å². The van der Waals surface area contributed by atoms with Crippen LogP contribution in [0.25, 0.3) is 0 Å². The third kappa shape index (κ3) is 4.23. The number of nitrogens with zero attached hydrogens (tertiary/aromatic N) is 2. The second-order valence-corrected chi connectivity index (χ2v) is 8.07. The zero-order valence-corrected chi connectivity index (χ0v) is 16.5. The molecule has 2 aliphatic heterocycles. The van der Waals surface area contributed by atoms with Crippen molar-refractivity contribution in [3.63, 3.8) is 0 Å².